The highest BCUT2D eigenvalue weighted by Gasteiger charge is 2.32. The molecule has 0 saturated carbocycles. The Labute approximate surface area is 281 Å². The van der Waals surface area contributed by atoms with Gasteiger partial charge in [-0.15, -0.1) is 0 Å². The summed E-state index contributed by atoms with van der Waals surface area (Å²) < 4.78 is 72.3. The van der Waals surface area contributed by atoms with Gasteiger partial charge in [-0.05, 0) is 52.8 Å². The number of nitrogens with zero attached hydrogens (tertiary/aromatic N) is 4. The summed E-state index contributed by atoms with van der Waals surface area (Å²) in [7, 11) is 0.486. The molecule has 4 rings (SSSR count). The van der Waals surface area contributed by atoms with Gasteiger partial charge in [0.05, 0.1) is 23.4 Å². The lowest BCUT2D eigenvalue weighted by molar-refractivity contribution is 0.0272. The molecule has 2 aliphatic heterocycles. The highest BCUT2D eigenvalue weighted by atomic mass is 28.3. The highest BCUT2D eigenvalue weighted by molar-refractivity contribution is 6.76. The summed E-state index contributed by atoms with van der Waals surface area (Å²) in [6.07, 6.45) is -0.715. The van der Waals surface area contributed by atoms with Crippen molar-refractivity contribution < 1.29 is 36.6 Å². The van der Waals surface area contributed by atoms with E-state index in [9.17, 15) is 18.4 Å². The van der Waals surface area contributed by atoms with Crippen LogP contribution in [0.25, 0.3) is 5.57 Å². The fourth-order valence-electron chi connectivity index (χ4n) is 5.49. The SMILES string of the molecule is CC1CN(c2cc(F)c(C3=CCCN(C(=O)OC(C)(C)C)C3)c(F)c2NC(=O)c2cnc(OCC[Si](C)(C)C)cc2C(F)F)CCN1C. The molecular weight excluding hydrogens is 646 g/mol. The number of pyridine rings is 1. The smallest absolute Gasteiger partial charge is 0.410 e. The lowest BCUT2D eigenvalue weighted by atomic mass is 9.97. The summed E-state index contributed by atoms with van der Waals surface area (Å²) in [4.78, 5) is 35.8. The fourth-order valence-corrected chi connectivity index (χ4v) is 6.20. The minimum atomic E-state index is -3.05. The number of aromatic nitrogens is 1. The Kier molecular flexibility index (Phi) is 11.5. The van der Waals surface area contributed by atoms with Crippen LogP contribution in [0.2, 0.25) is 25.7 Å². The van der Waals surface area contributed by atoms with Crippen LogP contribution in [0.15, 0.2) is 24.4 Å². The Balaban J connectivity index is 1.72. The van der Waals surface area contributed by atoms with Crippen LogP contribution in [0.5, 0.6) is 5.88 Å². The van der Waals surface area contributed by atoms with Crippen LogP contribution in [-0.4, -0.2) is 92.9 Å². The van der Waals surface area contributed by atoms with Gasteiger partial charge in [0.2, 0.25) is 5.88 Å². The number of piperazine rings is 1. The van der Waals surface area contributed by atoms with Gasteiger partial charge in [-0.1, -0.05) is 25.7 Å². The number of anilines is 2. The Morgan fingerprint density at radius 3 is 2.46 bits per heavy atom. The number of benzene rings is 1. The van der Waals surface area contributed by atoms with Crippen LogP contribution < -0.4 is 15.0 Å². The predicted molar refractivity (Wildman–Crippen MR) is 182 cm³/mol. The molecule has 1 atom stereocenters. The van der Waals surface area contributed by atoms with E-state index in [1.807, 2.05) is 14.0 Å². The van der Waals surface area contributed by atoms with Gasteiger partial charge in [-0.25, -0.2) is 27.3 Å². The molecule has 2 amide bonds. The van der Waals surface area contributed by atoms with Crippen molar-refractivity contribution in [1.82, 2.24) is 14.8 Å². The lowest BCUT2D eigenvalue weighted by Crippen LogP contribution is -2.50. The molecule has 48 heavy (non-hydrogen) atoms. The minimum absolute atomic E-state index is 0.0275. The van der Waals surface area contributed by atoms with E-state index < -0.39 is 60.4 Å². The average molecular weight is 694 g/mol. The highest BCUT2D eigenvalue weighted by Crippen LogP contribution is 2.39. The van der Waals surface area contributed by atoms with Crippen molar-refractivity contribution in [2.24, 2.45) is 0 Å². The summed E-state index contributed by atoms with van der Waals surface area (Å²) in [5.74, 6) is -3.01. The number of ether oxygens (including phenoxy) is 2. The second-order valence-corrected chi connectivity index (χ2v) is 20.3. The first-order chi connectivity index (χ1) is 22.3. The van der Waals surface area contributed by atoms with E-state index >= 15 is 8.78 Å². The van der Waals surface area contributed by atoms with Gasteiger partial charge in [0.25, 0.3) is 12.3 Å². The van der Waals surface area contributed by atoms with Crippen LogP contribution in [-0.2, 0) is 4.74 Å². The molecule has 14 heteroatoms. The number of amides is 2. The molecule has 1 aromatic heterocycles. The molecule has 2 aliphatic rings. The number of carbonyl (C=O) groups is 2. The summed E-state index contributed by atoms with van der Waals surface area (Å²) in [5.41, 5.74) is -2.32. The van der Waals surface area contributed by atoms with Crippen molar-refractivity contribution >= 4 is 37.0 Å². The second kappa shape index (κ2) is 14.9. The van der Waals surface area contributed by atoms with Crippen LogP contribution in [0.4, 0.5) is 33.7 Å². The van der Waals surface area contributed by atoms with Crippen molar-refractivity contribution in [3.63, 3.8) is 0 Å². The first kappa shape index (κ1) is 37.2. The molecule has 264 valence electrons. The Morgan fingerprint density at radius 1 is 1.12 bits per heavy atom. The molecule has 1 saturated heterocycles. The monoisotopic (exact) mass is 693 g/mol. The molecule has 0 spiro atoms. The van der Waals surface area contributed by atoms with E-state index in [0.717, 1.165) is 24.4 Å². The minimum Gasteiger partial charge on any atom is -0.478 e. The Hall–Kier alpha value is -3.65. The van der Waals surface area contributed by atoms with Crippen molar-refractivity contribution in [3.8, 4) is 5.88 Å². The van der Waals surface area contributed by atoms with Crippen molar-refractivity contribution in [2.75, 3.05) is 56.6 Å². The molecule has 1 aromatic carbocycles. The van der Waals surface area contributed by atoms with Gasteiger partial charge in [0, 0.05) is 70.7 Å². The zero-order valence-corrected chi connectivity index (χ0v) is 30.1. The largest absolute Gasteiger partial charge is 0.478 e. The lowest BCUT2D eigenvalue weighted by Gasteiger charge is -2.40. The molecule has 9 nitrogen and oxygen atoms in total. The molecule has 1 unspecified atom stereocenters. The maximum Gasteiger partial charge on any atom is 0.410 e. The summed E-state index contributed by atoms with van der Waals surface area (Å²) in [6.45, 7) is 15.5. The first-order valence-electron chi connectivity index (χ1n) is 16.2. The molecule has 0 bridgehead atoms. The summed E-state index contributed by atoms with van der Waals surface area (Å²) in [6, 6.07) is 2.99. The standard InChI is InChI=1S/C34H47F4N5O4Si/c1-21-19-42(13-12-41(21)5)26-17-25(35)28(22-10-9-11-43(20-22)33(45)47-34(2,3)4)29(36)30(26)40-32(44)24-18-39-27(16-23(24)31(37)38)46-14-15-48(6,7)8/h10,16-18,21,31H,9,11-15,19-20H2,1-8H3,(H,40,44). The fraction of sp³-hybridized carbons (Fsp3) is 0.559. The molecule has 0 aliphatic carbocycles. The molecule has 1 N–H and O–H groups in total. The van der Waals surface area contributed by atoms with Gasteiger partial charge in [-0.2, -0.15) is 0 Å². The van der Waals surface area contributed by atoms with E-state index in [-0.39, 0.29) is 35.4 Å². The predicted octanol–water partition coefficient (Wildman–Crippen LogP) is 7.43. The third-order valence-electron chi connectivity index (χ3n) is 8.35. The summed E-state index contributed by atoms with van der Waals surface area (Å²) >= 11 is 0. The first-order valence-corrected chi connectivity index (χ1v) is 19.9. The molecular formula is C34H47F4N5O4Si. The van der Waals surface area contributed by atoms with Gasteiger partial charge in [0.15, 0.2) is 5.82 Å². The van der Waals surface area contributed by atoms with Gasteiger partial charge in [0.1, 0.15) is 17.1 Å². The molecule has 2 aromatic rings. The van der Waals surface area contributed by atoms with Crippen LogP contribution in [0.1, 0.15) is 62.0 Å². The Morgan fingerprint density at radius 2 is 1.83 bits per heavy atom. The number of hydrogen-bond donors (Lipinski definition) is 1. The normalized spacial score (nSPS) is 17.8. The molecule has 1 fully saturated rings. The van der Waals surface area contributed by atoms with Crippen LogP contribution >= 0.6 is 0 Å². The van der Waals surface area contributed by atoms with E-state index in [1.165, 1.54) is 4.90 Å². The topological polar surface area (TPSA) is 87.2 Å². The maximum atomic E-state index is 16.7. The third-order valence-corrected chi connectivity index (χ3v) is 10.1. The van der Waals surface area contributed by atoms with Crippen LogP contribution in [0, 0.1) is 11.6 Å². The quantitative estimate of drug-likeness (QED) is 0.216. The number of rotatable bonds is 9. The number of hydrogen-bond acceptors (Lipinski definition) is 7. The van der Waals surface area contributed by atoms with Crippen LogP contribution in [0.3, 0.4) is 0 Å². The number of halogens is 4. The van der Waals surface area contributed by atoms with E-state index in [2.05, 4.69) is 34.8 Å². The van der Waals surface area contributed by atoms with E-state index in [4.69, 9.17) is 9.47 Å². The number of nitrogens with one attached hydrogen (secondary N) is 1. The zero-order chi connectivity index (χ0) is 35.6. The zero-order valence-electron chi connectivity index (χ0n) is 29.1. The molecule has 3 heterocycles. The van der Waals surface area contributed by atoms with Gasteiger partial charge >= 0.3 is 6.09 Å². The van der Waals surface area contributed by atoms with Gasteiger partial charge in [-0.3, -0.25) is 4.79 Å². The number of carbonyl (C=O) groups excluding carboxylic acids is 2. The number of alkyl halides is 2. The number of likely N-dealkylation sites (N-methyl/N-ethyl adjacent to an activating group) is 1. The Bertz CT molecular complexity index is 1540. The second-order valence-electron chi connectivity index (χ2n) is 14.7. The summed E-state index contributed by atoms with van der Waals surface area (Å²) in [5, 5.41) is 2.49. The van der Waals surface area contributed by atoms with Crippen molar-refractivity contribution in [2.45, 2.75) is 77.9 Å². The van der Waals surface area contributed by atoms with E-state index in [1.54, 1.807) is 31.7 Å². The molecule has 0 radical (unpaired) electrons. The average Bonchev–Trinajstić information content (AvgIpc) is 2.98. The van der Waals surface area contributed by atoms with Gasteiger partial charge < -0.3 is 29.5 Å². The van der Waals surface area contributed by atoms with E-state index in [0.29, 0.717) is 39.2 Å². The third kappa shape index (κ3) is 9.28. The van der Waals surface area contributed by atoms with Crippen molar-refractivity contribution in [3.05, 3.63) is 52.7 Å². The van der Waals surface area contributed by atoms with Crippen molar-refractivity contribution in [1.29, 1.82) is 0 Å². The maximum absolute atomic E-state index is 16.7.